The lowest BCUT2D eigenvalue weighted by Gasteiger charge is -2.10. The van der Waals surface area contributed by atoms with Gasteiger partial charge in [0.15, 0.2) is 0 Å². The summed E-state index contributed by atoms with van der Waals surface area (Å²) in [4.78, 5) is 16.7. The van der Waals surface area contributed by atoms with E-state index in [4.69, 9.17) is 0 Å². The molecule has 3 rings (SSSR count). The molecule has 2 aromatic heterocycles. The van der Waals surface area contributed by atoms with Crippen molar-refractivity contribution in [2.45, 2.75) is 26.4 Å². The first-order valence-electron chi connectivity index (χ1n) is 7.44. The molecule has 1 amide bonds. The summed E-state index contributed by atoms with van der Waals surface area (Å²) in [6.07, 6.45) is 3.76. The molecule has 0 atom stereocenters. The third-order valence-electron chi connectivity index (χ3n) is 3.72. The molecule has 4 heteroatoms. The van der Waals surface area contributed by atoms with Crippen molar-refractivity contribution in [2.75, 3.05) is 0 Å². The molecule has 1 N–H and O–H groups in total. The van der Waals surface area contributed by atoms with Crippen molar-refractivity contribution in [3.05, 3.63) is 66.1 Å². The summed E-state index contributed by atoms with van der Waals surface area (Å²) in [6.45, 7) is 4.70. The Bertz CT molecular complexity index is 790. The minimum atomic E-state index is -0.0715. The highest BCUT2D eigenvalue weighted by atomic mass is 16.1. The molecule has 0 bridgehead atoms. The Balaban J connectivity index is 1.85. The minimum absolute atomic E-state index is 0.0715. The quantitative estimate of drug-likeness (QED) is 0.799. The van der Waals surface area contributed by atoms with E-state index < -0.39 is 0 Å². The number of amides is 1. The van der Waals surface area contributed by atoms with Crippen LogP contribution in [-0.2, 0) is 6.54 Å². The van der Waals surface area contributed by atoms with Crippen LogP contribution in [0.3, 0.4) is 0 Å². The second kappa shape index (κ2) is 6.02. The third kappa shape index (κ3) is 2.72. The van der Waals surface area contributed by atoms with Crippen molar-refractivity contribution in [3.63, 3.8) is 0 Å². The van der Waals surface area contributed by atoms with Crippen LogP contribution in [0.25, 0.3) is 10.9 Å². The Labute approximate surface area is 129 Å². The van der Waals surface area contributed by atoms with Crippen molar-refractivity contribution in [1.82, 2.24) is 14.9 Å². The van der Waals surface area contributed by atoms with E-state index in [-0.39, 0.29) is 5.91 Å². The van der Waals surface area contributed by atoms with Crippen molar-refractivity contribution in [3.8, 4) is 0 Å². The summed E-state index contributed by atoms with van der Waals surface area (Å²) < 4.78 is 2.17. The van der Waals surface area contributed by atoms with Crippen LogP contribution in [0.4, 0.5) is 0 Å². The number of nitrogens with one attached hydrogen (secondary N) is 1. The van der Waals surface area contributed by atoms with Crippen LogP contribution < -0.4 is 5.32 Å². The number of hydrogen-bond acceptors (Lipinski definition) is 2. The monoisotopic (exact) mass is 293 g/mol. The standard InChI is InChI=1S/C18H19N3O/c1-13(2)21-11-9-15-16(7-5-8-17(15)21)18(22)20-12-14-6-3-4-10-19-14/h3-11,13H,12H2,1-2H3,(H,20,22). The summed E-state index contributed by atoms with van der Waals surface area (Å²) in [5.74, 6) is -0.0715. The van der Waals surface area contributed by atoms with Crippen molar-refractivity contribution in [2.24, 2.45) is 0 Å². The maximum Gasteiger partial charge on any atom is 0.252 e. The largest absolute Gasteiger partial charge is 0.346 e. The molecule has 1 aromatic carbocycles. The molecule has 4 nitrogen and oxygen atoms in total. The maximum absolute atomic E-state index is 12.5. The van der Waals surface area contributed by atoms with Gasteiger partial charge in [-0.1, -0.05) is 12.1 Å². The van der Waals surface area contributed by atoms with E-state index in [2.05, 4.69) is 28.7 Å². The zero-order chi connectivity index (χ0) is 15.5. The van der Waals surface area contributed by atoms with Crippen LogP contribution in [0.5, 0.6) is 0 Å². The predicted octanol–water partition coefficient (Wildman–Crippen LogP) is 3.55. The zero-order valence-electron chi connectivity index (χ0n) is 12.8. The molecule has 0 aliphatic heterocycles. The van der Waals surface area contributed by atoms with Gasteiger partial charge in [-0.15, -0.1) is 0 Å². The molecule has 0 aliphatic carbocycles. The third-order valence-corrected chi connectivity index (χ3v) is 3.72. The highest BCUT2D eigenvalue weighted by Crippen LogP contribution is 2.23. The molecule has 112 valence electrons. The molecule has 22 heavy (non-hydrogen) atoms. The van der Waals surface area contributed by atoms with E-state index >= 15 is 0 Å². The summed E-state index contributed by atoms with van der Waals surface area (Å²) in [7, 11) is 0. The van der Waals surface area contributed by atoms with E-state index in [1.54, 1.807) is 6.20 Å². The Morgan fingerprint density at radius 1 is 1.18 bits per heavy atom. The number of benzene rings is 1. The Hall–Kier alpha value is -2.62. The number of fused-ring (bicyclic) bond motifs is 1. The summed E-state index contributed by atoms with van der Waals surface area (Å²) in [5.41, 5.74) is 2.64. The van der Waals surface area contributed by atoms with Crippen molar-refractivity contribution in [1.29, 1.82) is 0 Å². The molecule has 0 fully saturated rings. The van der Waals surface area contributed by atoms with E-state index in [1.165, 1.54) is 0 Å². The highest BCUT2D eigenvalue weighted by molar-refractivity contribution is 6.06. The molecular weight excluding hydrogens is 274 g/mol. The second-order valence-corrected chi connectivity index (χ2v) is 5.56. The van der Waals surface area contributed by atoms with Crippen molar-refractivity contribution >= 4 is 16.8 Å². The minimum Gasteiger partial charge on any atom is -0.346 e. The fourth-order valence-corrected chi connectivity index (χ4v) is 2.61. The normalized spacial score (nSPS) is 11.0. The number of aromatic nitrogens is 2. The number of carbonyl (C=O) groups excluding carboxylic acids is 1. The molecule has 0 unspecified atom stereocenters. The lowest BCUT2D eigenvalue weighted by Crippen LogP contribution is -2.23. The van der Waals surface area contributed by atoms with Gasteiger partial charge in [-0.05, 0) is 44.2 Å². The zero-order valence-corrected chi connectivity index (χ0v) is 12.8. The van der Waals surface area contributed by atoms with Gasteiger partial charge in [0.25, 0.3) is 5.91 Å². The second-order valence-electron chi connectivity index (χ2n) is 5.56. The summed E-state index contributed by atoms with van der Waals surface area (Å²) in [5, 5.41) is 3.92. The van der Waals surface area contributed by atoms with E-state index in [0.717, 1.165) is 16.6 Å². The van der Waals surface area contributed by atoms with Gasteiger partial charge in [0.1, 0.15) is 0 Å². The first-order chi connectivity index (χ1) is 10.7. The first kappa shape index (κ1) is 14.3. The number of hydrogen-bond donors (Lipinski definition) is 1. The van der Waals surface area contributed by atoms with Crippen LogP contribution >= 0.6 is 0 Å². The van der Waals surface area contributed by atoms with Gasteiger partial charge in [-0.25, -0.2) is 0 Å². The number of carbonyl (C=O) groups is 1. The van der Waals surface area contributed by atoms with Crippen LogP contribution in [-0.4, -0.2) is 15.5 Å². The number of rotatable bonds is 4. The van der Waals surface area contributed by atoms with Gasteiger partial charge < -0.3 is 9.88 Å². The smallest absolute Gasteiger partial charge is 0.252 e. The molecule has 0 saturated heterocycles. The maximum atomic E-state index is 12.5. The van der Waals surface area contributed by atoms with Gasteiger partial charge in [0.05, 0.1) is 12.2 Å². The van der Waals surface area contributed by atoms with E-state index in [9.17, 15) is 4.79 Å². The van der Waals surface area contributed by atoms with E-state index in [0.29, 0.717) is 18.2 Å². The van der Waals surface area contributed by atoms with Crippen LogP contribution in [0, 0.1) is 0 Å². The Morgan fingerprint density at radius 3 is 2.77 bits per heavy atom. The first-order valence-corrected chi connectivity index (χ1v) is 7.44. The van der Waals surface area contributed by atoms with Gasteiger partial charge in [-0.2, -0.15) is 0 Å². The fraction of sp³-hybridized carbons (Fsp3) is 0.222. The molecule has 0 radical (unpaired) electrons. The molecule has 0 spiro atoms. The molecule has 2 heterocycles. The predicted molar refractivity (Wildman–Crippen MR) is 87.7 cm³/mol. The lowest BCUT2D eigenvalue weighted by molar-refractivity contribution is 0.0952. The lowest BCUT2D eigenvalue weighted by atomic mass is 10.1. The van der Waals surface area contributed by atoms with Crippen LogP contribution in [0.1, 0.15) is 35.9 Å². The Kier molecular flexibility index (Phi) is 3.92. The van der Waals surface area contributed by atoms with Gasteiger partial charge in [0.2, 0.25) is 0 Å². The molecule has 3 aromatic rings. The molecular formula is C18H19N3O. The Morgan fingerprint density at radius 2 is 2.05 bits per heavy atom. The molecule has 0 aliphatic rings. The summed E-state index contributed by atoms with van der Waals surface area (Å²) >= 11 is 0. The van der Waals surface area contributed by atoms with Crippen LogP contribution in [0.2, 0.25) is 0 Å². The summed E-state index contributed by atoms with van der Waals surface area (Å²) in [6, 6.07) is 13.9. The number of pyridine rings is 1. The van der Waals surface area contributed by atoms with Gasteiger partial charge >= 0.3 is 0 Å². The van der Waals surface area contributed by atoms with Gasteiger partial charge in [0, 0.05) is 34.9 Å². The molecule has 0 saturated carbocycles. The fourth-order valence-electron chi connectivity index (χ4n) is 2.61. The van der Waals surface area contributed by atoms with Crippen molar-refractivity contribution < 1.29 is 4.79 Å². The average molecular weight is 293 g/mol. The highest BCUT2D eigenvalue weighted by Gasteiger charge is 2.13. The number of nitrogens with zero attached hydrogens (tertiary/aromatic N) is 2. The topological polar surface area (TPSA) is 46.9 Å². The van der Waals surface area contributed by atoms with E-state index in [1.807, 2.05) is 48.7 Å². The SMILES string of the molecule is CC(C)n1ccc2c(C(=O)NCc3ccccn3)cccc21. The van der Waals surface area contributed by atoms with Gasteiger partial charge in [-0.3, -0.25) is 9.78 Å². The van der Waals surface area contributed by atoms with Crippen LogP contribution in [0.15, 0.2) is 54.9 Å². The average Bonchev–Trinajstić information content (AvgIpc) is 2.97.